The van der Waals surface area contributed by atoms with Crippen molar-refractivity contribution in [2.45, 2.75) is 58.3 Å². The minimum atomic E-state index is -0.331. The van der Waals surface area contributed by atoms with Crippen LogP contribution in [0.3, 0.4) is 0 Å². The molecule has 1 saturated carbocycles. The number of esters is 1. The molecule has 0 atom stereocenters. The highest BCUT2D eigenvalue weighted by atomic mass is 16.5. The predicted molar refractivity (Wildman–Crippen MR) is 123 cm³/mol. The molecule has 1 fully saturated rings. The van der Waals surface area contributed by atoms with E-state index in [1.165, 1.54) is 42.4 Å². The highest BCUT2D eigenvalue weighted by molar-refractivity contribution is 5.86. The SMILES string of the molecule is C=C(C)C(=O)OCCc1cc(C2CCC(C)CC2)ccc1-c1ccc(CCO)cc1. The van der Waals surface area contributed by atoms with E-state index in [2.05, 4.69) is 56.0 Å². The third-order valence-electron chi connectivity index (χ3n) is 6.23. The Morgan fingerprint density at radius 1 is 1.07 bits per heavy atom. The van der Waals surface area contributed by atoms with Crippen LogP contribution in [0.15, 0.2) is 54.6 Å². The van der Waals surface area contributed by atoms with E-state index in [4.69, 9.17) is 9.84 Å². The maximum Gasteiger partial charge on any atom is 0.333 e. The average molecular weight is 407 g/mol. The van der Waals surface area contributed by atoms with Gasteiger partial charge in [0.15, 0.2) is 0 Å². The summed E-state index contributed by atoms with van der Waals surface area (Å²) in [4.78, 5) is 11.8. The van der Waals surface area contributed by atoms with Gasteiger partial charge in [-0.15, -0.1) is 0 Å². The van der Waals surface area contributed by atoms with Crippen LogP contribution in [0.25, 0.3) is 11.1 Å². The molecule has 0 heterocycles. The summed E-state index contributed by atoms with van der Waals surface area (Å²) in [5.74, 6) is 1.13. The molecule has 3 heteroatoms. The molecule has 2 aromatic rings. The first kappa shape index (κ1) is 22.3. The molecular formula is C27H34O3. The molecule has 160 valence electrons. The van der Waals surface area contributed by atoms with Gasteiger partial charge in [-0.1, -0.05) is 68.8 Å². The van der Waals surface area contributed by atoms with Crippen molar-refractivity contribution in [3.8, 4) is 11.1 Å². The molecular weight excluding hydrogens is 372 g/mol. The summed E-state index contributed by atoms with van der Waals surface area (Å²) in [6.07, 6.45) is 6.45. The topological polar surface area (TPSA) is 46.5 Å². The number of benzene rings is 2. The Balaban J connectivity index is 1.84. The van der Waals surface area contributed by atoms with Gasteiger partial charge in [-0.3, -0.25) is 0 Å². The van der Waals surface area contributed by atoms with Crippen LogP contribution < -0.4 is 0 Å². The average Bonchev–Trinajstić information content (AvgIpc) is 2.75. The molecule has 0 bridgehead atoms. The number of aliphatic hydroxyl groups is 1. The molecule has 0 amide bonds. The van der Waals surface area contributed by atoms with Crippen molar-refractivity contribution in [2.24, 2.45) is 5.92 Å². The van der Waals surface area contributed by atoms with Crippen molar-refractivity contribution < 1.29 is 14.6 Å². The lowest BCUT2D eigenvalue weighted by Gasteiger charge is -2.27. The largest absolute Gasteiger partial charge is 0.462 e. The Bertz CT molecular complexity index is 858. The minimum absolute atomic E-state index is 0.160. The third-order valence-corrected chi connectivity index (χ3v) is 6.23. The number of hydrogen-bond donors (Lipinski definition) is 1. The zero-order valence-electron chi connectivity index (χ0n) is 18.3. The van der Waals surface area contributed by atoms with E-state index in [-0.39, 0.29) is 12.6 Å². The highest BCUT2D eigenvalue weighted by Crippen LogP contribution is 2.37. The molecule has 1 N–H and O–H groups in total. The van der Waals surface area contributed by atoms with E-state index in [0.717, 1.165) is 17.0 Å². The highest BCUT2D eigenvalue weighted by Gasteiger charge is 2.21. The summed E-state index contributed by atoms with van der Waals surface area (Å²) in [6, 6.07) is 15.2. The van der Waals surface area contributed by atoms with Gasteiger partial charge < -0.3 is 9.84 Å². The standard InChI is InChI=1S/C27H34O3/c1-19(2)27(29)30-17-15-25-18-24(22-8-4-20(3)5-9-22)12-13-26(25)23-10-6-21(7-11-23)14-16-28/h6-7,10-13,18,20,22,28H,1,4-5,8-9,14-17H2,2-3H3. The second-order valence-corrected chi connectivity index (χ2v) is 8.71. The molecule has 0 saturated heterocycles. The quantitative estimate of drug-likeness (QED) is 0.442. The van der Waals surface area contributed by atoms with Crippen molar-refractivity contribution in [3.63, 3.8) is 0 Å². The van der Waals surface area contributed by atoms with Crippen LogP contribution in [0.1, 0.15) is 62.1 Å². The molecule has 2 aromatic carbocycles. The van der Waals surface area contributed by atoms with Crippen LogP contribution in [-0.4, -0.2) is 24.3 Å². The molecule has 30 heavy (non-hydrogen) atoms. The first-order valence-electron chi connectivity index (χ1n) is 11.1. The maximum absolute atomic E-state index is 11.8. The third kappa shape index (κ3) is 5.82. The van der Waals surface area contributed by atoms with Gasteiger partial charge in [0, 0.05) is 18.6 Å². The number of aliphatic hydroxyl groups excluding tert-OH is 1. The van der Waals surface area contributed by atoms with Gasteiger partial charge in [0.2, 0.25) is 0 Å². The van der Waals surface area contributed by atoms with Gasteiger partial charge in [0.25, 0.3) is 0 Å². The van der Waals surface area contributed by atoms with E-state index in [9.17, 15) is 4.79 Å². The molecule has 0 aliphatic heterocycles. The normalized spacial score (nSPS) is 18.8. The van der Waals surface area contributed by atoms with E-state index < -0.39 is 0 Å². The van der Waals surface area contributed by atoms with Crippen LogP contribution >= 0.6 is 0 Å². The monoisotopic (exact) mass is 406 g/mol. The van der Waals surface area contributed by atoms with Crippen LogP contribution in [0.2, 0.25) is 0 Å². The molecule has 3 rings (SSSR count). The molecule has 0 spiro atoms. The van der Waals surface area contributed by atoms with Crippen molar-refractivity contribution in [3.05, 3.63) is 71.3 Å². The molecule has 3 nitrogen and oxygen atoms in total. The van der Waals surface area contributed by atoms with E-state index in [1.54, 1.807) is 6.92 Å². The summed E-state index contributed by atoms with van der Waals surface area (Å²) in [7, 11) is 0. The molecule has 1 aliphatic carbocycles. The van der Waals surface area contributed by atoms with Crippen LogP contribution in [-0.2, 0) is 22.4 Å². The summed E-state index contributed by atoms with van der Waals surface area (Å²) >= 11 is 0. The van der Waals surface area contributed by atoms with Gasteiger partial charge >= 0.3 is 5.97 Å². The predicted octanol–water partition coefficient (Wildman–Crippen LogP) is 5.84. The number of rotatable bonds is 8. The number of hydrogen-bond acceptors (Lipinski definition) is 3. The van der Waals surface area contributed by atoms with Gasteiger partial charge in [-0.05, 0) is 65.8 Å². The van der Waals surface area contributed by atoms with Crippen molar-refractivity contribution in [1.82, 2.24) is 0 Å². The van der Waals surface area contributed by atoms with Gasteiger partial charge in [-0.25, -0.2) is 4.79 Å². The van der Waals surface area contributed by atoms with E-state index >= 15 is 0 Å². The maximum atomic E-state index is 11.8. The molecule has 1 aliphatic rings. The lowest BCUT2D eigenvalue weighted by Crippen LogP contribution is -2.12. The second-order valence-electron chi connectivity index (χ2n) is 8.71. The second kappa shape index (κ2) is 10.6. The summed E-state index contributed by atoms with van der Waals surface area (Å²) in [5, 5.41) is 9.15. The Hall–Kier alpha value is -2.39. The summed E-state index contributed by atoms with van der Waals surface area (Å²) in [6.45, 7) is 8.19. The fourth-order valence-corrected chi connectivity index (χ4v) is 4.31. The van der Waals surface area contributed by atoms with E-state index in [0.29, 0.717) is 30.9 Å². The fourth-order valence-electron chi connectivity index (χ4n) is 4.31. The Morgan fingerprint density at radius 2 is 1.77 bits per heavy atom. The molecule has 0 radical (unpaired) electrons. The number of carbonyl (C=O) groups excluding carboxylic acids is 1. The smallest absolute Gasteiger partial charge is 0.333 e. The molecule has 0 unspecified atom stereocenters. The minimum Gasteiger partial charge on any atom is -0.462 e. The van der Waals surface area contributed by atoms with Crippen molar-refractivity contribution in [1.29, 1.82) is 0 Å². The number of carbonyl (C=O) groups is 1. The zero-order valence-corrected chi connectivity index (χ0v) is 18.3. The van der Waals surface area contributed by atoms with Crippen LogP contribution in [0.4, 0.5) is 0 Å². The molecule has 0 aromatic heterocycles. The summed E-state index contributed by atoms with van der Waals surface area (Å²) in [5.41, 5.74) is 6.52. The van der Waals surface area contributed by atoms with Gasteiger partial charge in [0.1, 0.15) is 0 Å². The van der Waals surface area contributed by atoms with Crippen LogP contribution in [0.5, 0.6) is 0 Å². The zero-order chi connectivity index (χ0) is 21.5. The first-order valence-corrected chi connectivity index (χ1v) is 11.1. The Labute approximate surface area is 180 Å². The fraction of sp³-hybridized carbons (Fsp3) is 0.444. The lowest BCUT2D eigenvalue weighted by atomic mass is 9.78. The first-order chi connectivity index (χ1) is 14.5. The van der Waals surface area contributed by atoms with E-state index in [1.807, 2.05) is 0 Å². The lowest BCUT2D eigenvalue weighted by molar-refractivity contribution is -0.138. The van der Waals surface area contributed by atoms with Crippen LogP contribution in [0, 0.1) is 5.92 Å². The van der Waals surface area contributed by atoms with Gasteiger partial charge in [0.05, 0.1) is 6.61 Å². The van der Waals surface area contributed by atoms with Crippen molar-refractivity contribution >= 4 is 5.97 Å². The Kier molecular flexibility index (Phi) is 7.87. The van der Waals surface area contributed by atoms with Gasteiger partial charge in [-0.2, -0.15) is 0 Å². The number of ether oxygens (including phenoxy) is 1. The van der Waals surface area contributed by atoms with Crippen molar-refractivity contribution in [2.75, 3.05) is 13.2 Å². The Morgan fingerprint density at radius 3 is 2.40 bits per heavy atom. The summed E-state index contributed by atoms with van der Waals surface area (Å²) < 4.78 is 5.38.